The summed E-state index contributed by atoms with van der Waals surface area (Å²) in [5.41, 5.74) is 1.03. The van der Waals surface area contributed by atoms with Gasteiger partial charge in [0.1, 0.15) is 5.75 Å². The Morgan fingerprint density at radius 1 is 1.26 bits per heavy atom. The van der Waals surface area contributed by atoms with Gasteiger partial charge in [0.2, 0.25) is 0 Å². The first-order valence-corrected chi connectivity index (χ1v) is 6.20. The number of amides is 1. The highest BCUT2D eigenvalue weighted by molar-refractivity contribution is 6.52. The molecule has 19 heavy (non-hydrogen) atoms. The van der Waals surface area contributed by atoms with Crippen molar-refractivity contribution >= 4 is 17.4 Å². The first kappa shape index (κ1) is 13.5. The summed E-state index contributed by atoms with van der Waals surface area (Å²) in [5.74, 6) is -0.422. The molecule has 5 heteroatoms. The first-order chi connectivity index (χ1) is 9.04. The van der Waals surface area contributed by atoms with E-state index in [4.69, 9.17) is 9.47 Å². The van der Waals surface area contributed by atoms with Crippen LogP contribution in [0.15, 0.2) is 18.2 Å². The second-order valence-electron chi connectivity index (χ2n) is 4.59. The van der Waals surface area contributed by atoms with Crippen LogP contribution in [-0.4, -0.2) is 38.1 Å². The molecule has 0 fully saturated rings. The zero-order valence-electron chi connectivity index (χ0n) is 11.3. The number of methoxy groups -OCH3 is 1. The van der Waals surface area contributed by atoms with Crippen LogP contribution in [0, 0.1) is 0 Å². The van der Waals surface area contributed by atoms with Crippen molar-refractivity contribution in [3.8, 4) is 5.75 Å². The van der Waals surface area contributed by atoms with E-state index in [1.54, 1.807) is 18.2 Å². The van der Waals surface area contributed by atoms with Gasteiger partial charge >= 0.3 is 0 Å². The van der Waals surface area contributed by atoms with Crippen LogP contribution >= 0.6 is 0 Å². The smallest absolute Gasteiger partial charge is 0.299 e. The molecule has 0 bridgehead atoms. The third-order valence-electron chi connectivity index (χ3n) is 2.94. The number of hydrogen-bond acceptors (Lipinski definition) is 4. The summed E-state index contributed by atoms with van der Waals surface area (Å²) in [5, 5.41) is 0. The van der Waals surface area contributed by atoms with Gasteiger partial charge < -0.3 is 14.4 Å². The standard InChI is InChI=1S/C14H17NO4/c1-9(2)19-7-6-15-12-5-4-10(18-3)8-11(12)13(16)14(15)17/h4-5,8-9H,6-7H2,1-3H3. The molecule has 0 saturated carbocycles. The third kappa shape index (κ3) is 2.61. The van der Waals surface area contributed by atoms with E-state index in [1.165, 1.54) is 12.0 Å². The maximum Gasteiger partial charge on any atom is 0.299 e. The minimum atomic E-state index is -0.504. The summed E-state index contributed by atoms with van der Waals surface area (Å²) in [6.07, 6.45) is 0.101. The number of Topliss-reactive ketones (excluding diaryl/α,β-unsaturated/α-hetero) is 1. The number of carbonyl (C=O) groups excluding carboxylic acids is 2. The Hall–Kier alpha value is -1.88. The number of hydrogen-bond donors (Lipinski definition) is 0. The van der Waals surface area contributed by atoms with Crippen LogP contribution in [0.5, 0.6) is 5.75 Å². The van der Waals surface area contributed by atoms with Gasteiger partial charge in [-0.25, -0.2) is 0 Å². The van der Waals surface area contributed by atoms with Crippen LogP contribution in [0.25, 0.3) is 0 Å². The summed E-state index contributed by atoms with van der Waals surface area (Å²) < 4.78 is 10.5. The topological polar surface area (TPSA) is 55.8 Å². The normalized spacial score (nSPS) is 14.2. The lowest BCUT2D eigenvalue weighted by molar-refractivity contribution is -0.114. The molecule has 0 spiro atoms. The van der Waals surface area contributed by atoms with E-state index < -0.39 is 11.7 Å². The molecule has 0 saturated heterocycles. The molecular formula is C14H17NO4. The Labute approximate surface area is 112 Å². The molecule has 0 radical (unpaired) electrons. The van der Waals surface area contributed by atoms with Crippen molar-refractivity contribution in [2.24, 2.45) is 0 Å². The highest BCUT2D eigenvalue weighted by Gasteiger charge is 2.35. The summed E-state index contributed by atoms with van der Waals surface area (Å²) in [4.78, 5) is 25.3. The molecule has 102 valence electrons. The zero-order valence-corrected chi connectivity index (χ0v) is 11.3. The van der Waals surface area contributed by atoms with Gasteiger partial charge in [-0.3, -0.25) is 9.59 Å². The number of benzene rings is 1. The minimum absolute atomic E-state index is 0.101. The second kappa shape index (κ2) is 5.40. The summed E-state index contributed by atoms with van der Waals surface area (Å²) >= 11 is 0. The van der Waals surface area contributed by atoms with E-state index in [0.717, 1.165) is 0 Å². The first-order valence-electron chi connectivity index (χ1n) is 6.20. The van der Waals surface area contributed by atoms with Crippen LogP contribution in [0.1, 0.15) is 24.2 Å². The molecule has 0 aliphatic carbocycles. The molecule has 1 amide bonds. The van der Waals surface area contributed by atoms with Gasteiger partial charge in [-0.2, -0.15) is 0 Å². The summed E-state index contributed by atoms with van der Waals surface area (Å²) in [6.45, 7) is 4.63. The average Bonchev–Trinajstić information content (AvgIpc) is 2.63. The van der Waals surface area contributed by atoms with Gasteiger partial charge in [-0.15, -0.1) is 0 Å². The Morgan fingerprint density at radius 2 is 2.00 bits per heavy atom. The van der Waals surface area contributed by atoms with E-state index in [0.29, 0.717) is 30.2 Å². The van der Waals surface area contributed by atoms with E-state index in [-0.39, 0.29) is 6.10 Å². The average molecular weight is 263 g/mol. The van der Waals surface area contributed by atoms with Crippen molar-refractivity contribution < 1.29 is 19.1 Å². The minimum Gasteiger partial charge on any atom is -0.497 e. The van der Waals surface area contributed by atoms with Gasteiger partial charge in [0, 0.05) is 6.54 Å². The highest BCUT2D eigenvalue weighted by atomic mass is 16.5. The van der Waals surface area contributed by atoms with Gasteiger partial charge in [0.15, 0.2) is 0 Å². The van der Waals surface area contributed by atoms with Crippen molar-refractivity contribution in [3.63, 3.8) is 0 Å². The maximum absolute atomic E-state index is 11.9. The largest absolute Gasteiger partial charge is 0.497 e. The van der Waals surface area contributed by atoms with Crippen LogP contribution in [0.2, 0.25) is 0 Å². The maximum atomic E-state index is 11.9. The molecule has 2 rings (SSSR count). The third-order valence-corrected chi connectivity index (χ3v) is 2.94. The second-order valence-corrected chi connectivity index (χ2v) is 4.59. The highest BCUT2D eigenvalue weighted by Crippen LogP contribution is 2.31. The van der Waals surface area contributed by atoms with E-state index in [9.17, 15) is 9.59 Å². The Kier molecular flexibility index (Phi) is 3.85. The van der Waals surface area contributed by atoms with Crippen molar-refractivity contribution in [1.29, 1.82) is 0 Å². The van der Waals surface area contributed by atoms with Gasteiger partial charge in [0.05, 0.1) is 31.1 Å². The zero-order chi connectivity index (χ0) is 14.0. The van der Waals surface area contributed by atoms with Crippen LogP contribution < -0.4 is 9.64 Å². The number of ether oxygens (including phenoxy) is 2. The van der Waals surface area contributed by atoms with Gasteiger partial charge in [0.25, 0.3) is 11.7 Å². The molecule has 1 aromatic rings. The van der Waals surface area contributed by atoms with E-state index >= 15 is 0 Å². The lowest BCUT2D eigenvalue weighted by atomic mass is 10.1. The van der Waals surface area contributed by atoms with Gasteiger partial charge in [-0.05, 0) is 32.0 Å². The number of nitrogens with zero attached hydrogens (tertiary/aromatic N) is 1. The Morgan fingerprint density at radius 3 is 2.63 bits per heavy atom. The molecule has 1 aromatic carbocycles. The van der Waals surface area contributed by atoms with E-state index in [1.807, 2.05) is 13.8 Å². The fourth-order valence-corrected chi connectivity index (χ4v) is 2.01. The van der Waals surface area contributed by atoms with Gasteiger partial charge in [-0.1, -0.05) is 0 Å². The molecule has 0 atom stereocenters. The predicted octanol–water partition coefficient (Wildman–Crippen LogP) is 1.65. The van der Waals surface area contributed by atoms with Crippen molar-refractivity contribution in [2.45, 2.75) is 20.0 Å². The van der Waals surface area contributed by atoms with Crippen molar-refractivity contribution in [1.82, 2.24) is 0 Å². The molecule has 5 nitrogen and oxygen atoms in total. The summed E-state index contributed by atoms with van der Waals surface area (Å²) in [6, 6.07) is 5.06. The van der Waals surface area contributed by atoms with Crippen LogP contribution in [0.4, 0.5) is 5.69 Å². The van der Waals surface area contributed by atoms with Crippen molar-refractivity contribution in [2.75, 3.05) is 25.2 Å². The van der Waals surface area contributed by atoms with Crippen LogP contribution in [0.3, 0.4) is 0 Å². The monoisotopic (exact) mass is 263 g/mol. The number of carbonyl (C=O) groups is 2. The fourth-order valence-electron chi connectivity index (χ4n) is 2.01. The molecule has 1 aliphatic rings. The number of fused-ring (bicyclic) bond motifs is 1. The molecule has 0 aromatic heterocycles. The van der Waals surface area contributed by atoms with E-state index in [2.05, 4.69) is 0 Å². The number of anilines is 1. The molecular weight excluding hydrogens is 246 g/mol. The predicted molar refractivity (Wildman–Crippen MR) is 70.8 cm³/mol. The lowest BCUT2D eigenvalue weighted by Gasteiger charge is -2.17. The number of ketones is 1. The van der Waals surface area contributed by atoms with Crippen LogP contribution in [-0.2, 0) is 9.53 Å². The quantitative estimate of drug-likeness (QED) is 0.758. The SMILES string of the molecule is COc1ccc2c(c1)C(=O)C(=O)N2CCOC(C)C. The van der Waals surface area contributed by atoms with Crippen molar-refractivity contribution in [3.05, 3.63) is 23.8 Å². The summed E-state index contributed by atoms with van der Waals surface area (Å²) in [7, 11) is 1.53. The number of rotatable bonds is 5. The fraction of sp³-hybridized carbons (Fsp3) is 0.429. The lowest BCUT2D eigenvalue weighted by Crippen LogP contribution is -2.33. The molecule has 0 unspecified atom stereocenters. The molecule has 1 heterocycles. The molecule has 0 N–H and O–H groups in total. The Bertz CT molecular complexity index is 510. The molecule has 1 aliphatic heterocycles. The Balaban J connectivity index is 2.19.